The summed E-state index contributed by atoms with van der Waals surface area (Å²) in [6, 6.07) is 8.25. The van der Waals surface area contributed by atoms with Crippen LogP contribution in [0, 0.1) is 20.8 Å². The number of aromatic nitrogens is 3. The molecule has 26 heavy (non-hydrogen) atoms. The van der Waals surface area contributed by atoms with E-state index < -0.39 is 0 Å². The van der Waals surface area contributed by atoms with Gasteiger partial charge in [-0.2, -0.15) is 0 Å². The summed E-state index contributed by atoms with van der Waals surface area (Å²) in [5.41, 5.74) is 3.29. The molecule has 2 heterocycles. The molecule has 0 radical (unpaired) electrons. The Kier molecular flexibility index (Phi) is 5.88. The van der Waals surface area contributed by atoms with Crippen LogP contribution < -0.4 is 10.6 Å². The smallest absolute Gasteiger partial charge is 0.191 e. The van der Waals surface area contributed by atoms with E-state index in [-0.39, 0.29) is 0 Å². The van der Waals surface area contributed by atoms with Crippen molar-refractivity contribution in [1.82, 2.24) is 25.2 Å². The third-order valence-corrected chi connectivity index (χ3v) is 5.26. The molecule has 0 saturated heterocycles. The Morgan fingerprint density at radius 3 is 2.69 bits per heavy atom. The molecule has 2 aromatic heterocycles. The van der Waals surface area contributed by atoms with E-state index in [1.807, 2.05) is 26.8 Å². The number of guanidine groups is 1. The number of imidazole rings is 1. The predicted octanol–water partition coefficient (Wildman–Crippen LogP) is 3.17. The number of aryl methyl sites for hydroxylation is 3. The molecule has 6 nitrogen and oxygen atoms in total. The average molecular weight is 371 g/mol. The lowest BCUT2D eigenvalue weighted by Gasteiger charge is -2.12. The maximum Gasteiger partial charge on any atom is 0.191 e. The fourth-order valence-corrected chi connectivity index (χ4v) is 3.84. The molecule has 2 N–H and O–H groups in total. The van der Waals surface area contributed by atoms with Crippen molar-refractivity contribution in [2.75, 3.05) is 13.1 Å². The minimum absolute atomic E-state index is 0.652. The molecule has 0 atom stereocenters. The molecule has 138 valence electrons. The Hall–Kier alpha value is -2.41. The lowest BCUT2D eigenvalue weighted by Crippen LogP contribution is -2.38. The SMILES string of the molecule is CCNC(=NCc1sc(C)nc1C)NCCn1c(C)nc2ccccc21. The van der Waals surface area contributed by atoms with E-state index in [0.29, 0.717) is 6.54 Å². The van der Waals surface area contributed by atoms with Crippen LogP contribution in [0.25, 0.3) is 11.0 Å². The highest BCUT2D eigenvalue weighted by Gasteiger charge is 2.07. The molecular weight excluding hydrogens is 344 g/mol. The third kappa shape index (κ3) is 4.22. The van der Waals surface area contributed by atoms with Gasteiger partial charge in [-0.3, -0.25) is 0 Å². The molecule has 0 aliphatic carbocycles. The first-order chi connectivity index (χ1) is 12.6. The molecule has 3 aromatic rings. The van der Waals surface area contributed by atoms with E-state index >= 15 is 0 Å². The summed E-state index contributed by atoms with van der Waals surface area (Å²) in [6.45, 7) is 11.3. The van der Waals surface area contributed by atoms with Crippen LogP contribution in [-0.2, 0) is 13.1 Å². The predicted molar refractivity (Wildman–Crippen MR) is 109 cm³/mol. The molecule has 7 heteroatoms. The first kappa shape index (κ1) is 18.4. The van der Waals surface area contributed by atoms with Crippen LogP contribution in [0.3, 0.4) is 0 Å². The fraction of sp³-hybridized carbons (Fsp3) is 0.421. The molecular formula is C19H26N6S. The van der Waals surface area contributed by atoms with Gasteiger partial charge in [0.1, 0.15) is 5.82 Å². The standard InChI is InChI=1S/C19H26N6S/c1-5-20-19(22-12-18-13(2)23-15(4)26-18)21-10-11-25-14(3)24-16-8-6-7-9-17(16)25/h6-9H,5,10-12H2,1-4H3,(H2,20,21,22). The molecule has 0 aliphatic heterocycles. The highest BCUT2D eigenvalue weighted by atomic mass is 32.1. The number of hydrogen-bond donors (Lipinski definition) is 2. The van der Waals surface area contributed by atoms with Crippen molar-refractivity contribution >= 4 is 28.3 Å². The first-order valence-corrected chi connectivity index (χ1v) is 9.77. The molecule has 0 amide bonds. The minimum atomic E-state index is 0.652. The highest BCUT2D eigenvalue weighted by molar-refractivity contribution is 7.11. The highest BCUT2D eigenvalue weighted by Crippen LogP contribution is 2.18. The normalized spacial score (nSPS) is 11.9. The molecule has 0 spiro atoms. The van der Waals surface area contributed by atoms with Crippen LogP contribution in [0.4, 0.5) is 0 Å². The van der Waals surface area contributed by atoms with Crippen molar-refractivity contribution < 1.29 is 0 Å². The summed E-state index contributed by atoms with van der Waals surface area (Å²) < 4.78 is 2.24. The second-order valence-corrected chi connectivity index (χ2v) is 7.45. The van der Waals surface area contributed by atoms with Gasteiger partial charge in [0.25, 0.3) is 0 Å². The van der Waals surface area contributed by atoms with Crippen molar-refractivity contribution in [1.29, 1.82) is 0 Å². The zero-order valence-corrected chi connectivity index (χ0v) is 16.7. The summed E-state index contributed by atoms with van der Waals surface area (Å²) in [6.07, 6.45) is 0. The summed E-state index contributed by atoms with van der Waals surface area (Å²) in [4.78, 5) is 15.0. The molecule has 0 fully saturated rings. The number of fused-ring (bicyclic) bond motifs is 1. The van der Waals surface area contributed by atoms with Gasteiger partial charge in [-0.15, -0.1) is 11.3 Å². The van der Waals surface area contributed by atoms with E-state index in [2.05, 4.69) is 50.3 Å². The van der Waals surface area contributed by atoms with Crippen LogP contribution in [0.5, 0.6) is 0 Å². The van der Waals surface area contributed by atoms with E-state index in [4.69, 9.17) is 4.99 Å². The zero-order valence-electron chi connectivity index (χ0n) is 15.8. The second-order valence-electron chi connectivity index (χ2n) is 6.16. The fourth-order valence-electron chi connectivity index (χ4n) is 2.98. The number of nitrogens with one attached hydrogen (secondary N) is 2. The Morgan fingerprint density at radius 1 is 1.15 bits per heavy atom. The molecule has 0 unspecified atom stereocenters. The summed E-state index contributed by atoms with van der Waals surface area (Å²) >= 11 is 1.71. The Morgan fingerprint density at radius 2 is 1.96 bits per heavy atom. The first-order valence-electron chi connectivity index (χ1n) is 8.95. The molecule has 0 bridgehead atoms. The monoisotopic (exact) mass is 370 g/mol. The van der Waals surface area contributed by atoms with E-state index in [9.17, 15) is 0 Å². The van der Waals surface area contributed by atoms with Gasteiger partial charge in [-0.05, 0) is 39.8 Å². The minimum Gasteiger partial charge on any atom is -0.357 e. The van der Waals surface area contributed by atoms with Crippen molar-refractivity contribution in [3.05, 3.63) is 45.7 Å². The van der Waals surface area contributed by atoms with Gasteiger partial charge in [0, 0.05) is 24.5 Å². The third-order valence-electron chi connectivity index (χ3n) is 4.20. The van der Waals surface area contributed by atoms with E-state index in [0.717, 1.165) is 47.6 Å². The number of para-hydroxylation sites is 2. The Bertz CT molecular complexity index is 908. The van der Waals surface area contributed by atoms with Crippen molar-refractivity contribution in [2.24, 2.45) is 4.99 Å². The van der Waals surface area contributed by atoms with Gasteiger partial charge in [0.2, 0.25) is 0 Å². The van der Waals surface area contributed by atoms with Gasteiger partial charge >= 0.3 is 0 Å². The van der Waals surface area contributed by atoms with Crippen LogP contribution in [0.1, 0.15) is 28.3 Å². The quantitative estimate of drug-likeness (QED) is 0.517. The van der Waals surface area contributed by atoms with E-state index in [1.165, 1.54) is 10.4 Å². The summed E-state index contributed by atoms with van der Waals surface area (Å²) in [5, 5.41) is 7.82. The van der Waals surface area contributed by atoms with Crippen LogP contribution >= 0.6 is 11.3 Å². The lowest BCUT2D eigenvalue weighted by molar-refractivity contribution is 0.660. The topological polar surface area (TPSA) is 67.1 Å². The number of nitrogens with zero attached hydrogens (tertiary/aromatic N) is 4. The van der Waals surface area contributed by atoms with E-state index in [1.54, 1.807) is 11.3 Å². The van der Waals surface area contributed by atoms with Crippen LogP contribution in [0.2, 0.25) is 0 Å². The maximum atomic E-state index is 4.70. The van der Waals surface area contributed by atoms with Gasteiger partial charge in [0.05, 0.1) is 28.3 Å². The Balaban J connectivity index is 1.64. The second kappa shape index (κ2) is 8.31. The van der Waals surface area contributed by atoms with Gasteiger partial charge in [-0.25, -0.2) is 15.0 Å². The number of hydrogen-bond acceptors (Lipinski definition) is 4. The number of rotatable bonds is 6. The summed E-state index contributed by atoms with van der Waals surface area (Å²) in [7, 11) is 0. The van der Waals surface area contributed by atoms with Crippen molar-refractivity contribution in [2.45, 2.75) is 40.8 Å². The van der Waals surface area contributed by atoms with Gasteiger partial charge < -0.3 is 15.2 Å². The van der Waals surface area contributed by atoms with Gasteiger partial charge in [0.15, 0.2) is 5.96 Å². The molecule has 3 rings (SSSR count). The number of thiazole rings is 1. The molecule has 0 saturated carbocycles. The maximum absolute atomic E-state index is 4.70. The Labute approximate surface area is 158 Å². The largest absolute Gasteiger partial charge is 0.357 e. The van der Waals surface area contributed by atoms with Crippen LogP contribution in [0.15, 0.2) is 29.3 Å². The molecule has 1 aromatic carbocycles. The van der Waals surface area contributed by atoms with Crippen molar-refractivity contribution in [3.63, 3.8) is 0 Å². The number of benzene rings is 1. The van der Waals surface area contributed by atoms with Gasteiger partial charge in [-0.1, -0.05) is 12.1 Å². The summed E-state index contributed by atoms with van der Waals surface area (Å²) in [5.74, 6) is 1.87. The zero-order chi connectivity index (χ0) is 18.5. The average Bonchev–Trinajstić information content (AvgIpc) is 3.11. The lowest BCUT2D eigenvalue weighted by atomic mass is 10.3. The number of aliphatic imine (C=N–C) groups is 1. The molecule has 0 aliphatic rings. The van der Waals surface area contributed by atoms with Crippen LogP contribution in [-0.4, -0.2) is 33.6 Å². The van der Waals surface area contributed by atoms with Crippen molar-refractivity contribution in [3.8, 4) is 0 Å².